The first-order valence-corrected chi connectivity index (χ1v) is 5.87. The van der Waals surface area contributed by atoms with Gasteiger partial charge in [0.1, 0.15) is 0 Å². The summed E-state index contributed by atoms with van der Waals surface area (Å²) in [7, 11) is 1.69. The quantitative estimate of drug-likeness (QED) is 0.578. The number of hydrogen-bond acceptors (Lipinski definition) is 3. The maximum atomic E-state index is 11.8. The Kier molecular flexibility index (Phi) is 3.10. The lowest BCUT2D eigenvalue weighted by Gasteiger charge is -2.08. The lowest BCUT2D eigenvalue weighted by atomic mass is 10.1. The molecule has 82 valence electrons. The van der Waals surface area contributed by atoms with E-state index in [2.05, 4.69) is 0 Å². The van der Waals surface area contributed by atoms with Gasteiger partial charge in [-0.05, 0) is 0 Å². The molecule has 0 unspecified atom stereocenters. The predicted molar refractivity (Wildman–Crippen MR) is 64.1 cm³/mol. The van der Waals surface area contributed by atoms with Gasteiger partial charge in [-0.15, -0.1) is 0 Å². The van der Waals surface area contributed by atoms with Crippen LogP contribution in [0.5, 0.6) is 0 Å². The molecule has 0 saturated carbocycles. The van der Waals surface area contributed by atoms with E-state index in [1.807, 2.05) is 18.2 Å². The van der Waals surface area contributed by atoms with Crippen LogP contribution in [0.25, 0.3) is 0 Å². The van der Waals surface area contributed by atoms with Crippen molar-refractivity contribution in [3.05, 3.63) is 47.0 Å². The Morgan fingerprint density at radius 3 is 2.62 bits per heavy atom. The molecular weight excluding hydrogens is 222 g/mol. The van der Waals surface area contributed by atoms with Crippen molar-refractivity contribution in [3.8, 4) is 0 Å². The fourth-order valence-electron chi connectivity index (χ4n) is 1.39. The highest BCUT2D eigenvalue weighted by Crippen LogP contribution is 2.27. The SMILES string of the molecule is CN1C(=O)CS/C1=C\C(=O)c1ccccc1. The molecule has 0 aliphatic carbocycles. The van der Waals surface area contributed by atoms with Crippen LogP contribution < -0.4 is 0 Å². The average Bonchev–Trinajstić information content (AvgIpc) is 2.62. The van der Waals surface area contributed by atoms with Crippen molar-refractivity contribution < 1.29 is 9.59 Å². The van der Waals surface area contributed by atoms with Gasteiger partial charge in [0.15, 0.2) is 5.78 Å². The van der Waals surface area contributed by atoms with Crippen LogP contribution in [0.1, 0.15) is 10.4 Å². The molecule has 1 aromatic carbocycles. The van der Waals surface area contributed by atoms with Gasteiger partial charge in [-0.3, -0.25) is 9.59 Å². The summed E-state index contributed by atoms with van der Waals surface area (Å²) >= 11 is 1.40. The van der Waals surface area contributed by atoms with Crippen LogP contribution in [0.3, 0.4) is 0 Å². The van der Waals surface area contributed by atoms with E-state index in [1.54, 1.807) is 19.2 Å². The van der Waals surface area contributed by atoms with E-state index < -0.39 is 0 Å². The summed E-state index contributed by atoms with van der Waals surface area (Å²) in [6.07, 6.45) is 1.52. The molecule has 1 aliphatic rings. The molecule has 4 heteroatoms. The Bertz CT molecular complexity index is 453. The van der Waals surface area contributed by atoms with Gasteiger partial charge >= 0.3 is 0 Å². The maximum Gasteiger partial charge on any atom is 0.237 e. The summed E-state index contributed by atoms with van der Waals surface area (Å²) in [6.45, 7) is 0. The van der Waals surface area contributed by atoms with Gasteiger partial charge < -0.3 is 4.90 Å². The number of ketones is 1. The number of thioether (sulfide) groups is 1. The Morgan fingerprint density at radius 1 is 1.38 bits per heavy atom. The third-order valence-corrected chi connectivity index (χ3v) is 3.44. The zero-order valence-electron chi connectivity index (χ0n) is 8.84. The predicted octanol–water partition coefficient (Wildman–Crippen LogP) is 1.92. The summed E-state index contributed by atoms with van der Waals surface area (Å²) in [6, 6.07) is 9.04. The van der Waals surface area contributed by atoms with Crippen molar-refractivity contribution in [2.45, 2.75) is 0 Å². The summed E-state index contributed by atoms with van der Waals surface area (Å²) in [4.78, 5) is 24.6. The van der Waals surface area contributed by atoms with Crippen LogP contribution in [0, 0.1) is 0 Å². The van der Waals surface area contributed by atoms with Crippen molar-refractivity contribution in [1.82, 2.24) is 4.90 Å². The molecule has 2 rings (SSSR count). The molecule has 1 amide bonds. The highest BCUT2D eigenvalue weighted by atomic mass is 32.2. The molecule has 1 aliphatic heterocycles. The van der Waals surface area contributed by atoms with E-state index in [0.717, 1.165) is 5.03 Å². The number of carbonyl (C=O) groups is 2. The van der Waals surface area contributed by atoms with Gasteiger partial charge in [-0.25, -0.2) is 0 Å². The maximum absolute atomic E-state index is 11.8. The lowest BCUT2D eigenvalue weighted by Crippen LogP contribution is -2.19. The van der Waals surface area contributed by atoms with Crippen molar-refractivity contribution >= 4 is 23.5 Å². The third-order valence-electron chi connectivity index (χ3n) is 2.36. The van der Waals surface area contributed by atoms with E-state index >= 15 is 0 Å². The van der Waals surface area contributed by atoms with Crippen LogP contribution in [-0.2, 0) is 4.79 Å². The van der Waals surface area contributed by atoms with E-state index in [1.165, 1.54) is 22.7 Å². The molecule has 0 bridgehead atoms. The molecule has 0 atom stereocenters. The van der Waals surface area contributed by atoms with Gasteiger partial charge in [0.25, 0.3) is 0 Å². The highest BCUT2D eigenvalue weighted by molar-refractivity contribution is 8.04. The third kappa shape index (κ3) is 2.17. The first kappa shape index (κ1) is 11.0. The molecule has 0 radical (unpaired) electrons. The number of carbonyl (C=O) groups excluding carboxylic acids is 2. The fraction of sp³-hybridized carbons (Fsp3) is 0.167. The van der Waals surface area contributed by atoms with Gasteiger partial charge in [0, 0.05) is 18.7 Å². The zero-order valence-corrected chi connectivity index (χ0v) is 9.66. The largest absolute Gasteiger partial charge is 0.309 e. The lowest BCUT2D eigenvalue weighted by molar-refractivity contribution is -0.124. The number of rotatable bonds is 2. The Balaban J connectivity index is 2.19. The van der Waals surface area contributed by atoms with Gasteiger partial charge in [-0.1, -0.05) is 42.1 Å². The van der Waals surface area contributed by atoms with Crippen LogP contribution >= 0.6 is 11.8 Å². The van der Waals surface area contributed by atoms with E-state index in [0.29, 0.717) is 11.3 Å². The van der Waals surface area contributed by atoms with Gasteiger partial charge in [0.05, 0.1) is 10.8 Å². The standard InChI is InChI=1S/C12H11NO2S/c1-13-11(15)8-16-12(13)7-10(14)9-5-3-2-4-6-9/h2-7H,8H2,1H3/b12-7-. The fourth-order valence-corrected chi connectivity index (χ4v) is 2.34. The van der Waals surface area contributed by atoms with Crippen LogP contribution in [0.15, 0.2) is 41.4 Å². The minimum Gasteiger partial charge on any atom is -0.309 e. The summed E-state index contributed by atoms with van der Waals surface area (Å²) < 4.78 is 0. The molecule has 3 nitrogen and oxygen atoms in total. The molecule has 1 aromatic rings. The first-order valence-electron chi connectivity index (χ1n) is 4.89. The normalized spacial score (nSPS) is 18.2. The van der Waals surface area contributed by atoms with E-state index in [9.17, 15) is 9.59 Å². The topological polar surface area (TPSA) is 37.4 Å². The second-order valence-corrected chi connectivity index (χ2v) is 4.45. The van der Waals surface area contributed by atoms with Crippen molar-refractivity contribution in [2.24, 2.45) is 0 Å². The average molecular weight is 233 g/mol. The number of nitrogens with zero attached hydrogens (tertiary/aromatic N) is 1. The second kappa shape index (κ2) is 4.53. The Morgan fingerprint density at radius 2 is 2.06 bits per heavy atom. The van der Waals surface area contributed by atoms with Crippen LogP contribution in [-0.4, -0.2) is 29.4 Å². The van der Waals surface area contributed by atoms with Gasteiger partial charge in [-0.2, -0.15) is 0 Å². The monoisotopic (exact) mass is 233 g/mol. The van der Waals surface area contributed by atoms with Crippen molar-refractivity contribution in [2.75, 3.05) is 12.8 Å². The smallest absolute Gasteiger partial charge is 0.237 e. The molecule has 1 heterocycles. The number of amides is 1. The van der Waals surface area contributed by atoms with Crippen molar-refractivity contribution in [3.63, 3.8) is 0 Å². The number of hydrogen-bond donors (Lipinski definition) is 0. The van der Waals surface area contributed by atoms with Crippen molar-refractivity contribution in [1.29, 1.82) is 0 Å². The van der Waals surface area contributed by atoms with Crippen LogP contribution in [0.4, 0.5) is 0 Å². The molecule has 0 aromatic heterocycles. The molecular formula is C12H11NO2S. The molecule has 16 heavy (non-hydrogen) atoms. The molecule has 1 saturated heterocycles. The molecule has 1 fully saturated rings. The Hall–Kier alpha value is -1.55. The van der Waals surface area contributed by atoms with E-state index in [-0.39, 0.29) is 11.7 Å². The Labute approximate surface area is 98.1 Å². The number of benzene rings is 1. The molecule has 0 spiro atoms. The number of allylic oxidation sites excluding steroid dienone is 1. The van der Waals surface area contributed by atoms with E-state index in [4.69, 9.17) is 0 Å². The molecule has 0 N–H and O–H groups in total. The second-order valence-electron chi connectivity index (χ2n) is 3.45. The highest BCUT2D eigenvalue weighted by Gasteiger charge is 2.23. The summed E-state index contributed by atoms with van der Waals surface area (Å²) in [5, 5.41) is 0.721. The van der Waals surface area contributed by atoms with Gasteiger partial charge in [0.2, 0.25) is 5.91 Å². The minimum absolute atomic E-state index is 0.0390. The summed E-state index contributed by atoms with van der Waals surface area (Å²) in [5.74, 6) is 0.395. The minimum atomic E-state index is -0.0651. The first-order chi connectivity index (χ1) is 7.68. The summed E-state index contributed by atoms with van der Waals surface area (Å²) in [5.41, 5.74) is 0.642. The zero-order chi connectivity index (χ0) is 11.5. The van der Waals surface area contributed by atoms with Crippen LogP contribution in [0.2, 0.25) is 0 Å².